The van der Waals surface area contributed by atoms with Crippen LogP contribution in [0.15, 0.2) is 12.4 Å². The quantitative estimate of drug-likeness (QED) is 0.700. The summed E-state index contributed by atoms with van der Waals surface area (Å²) >= 11 is 0. The number of carbonyl (C=O) groups is 2. The van der Waals surface area contributed by atoms with Crippen LogP contribution in [-0.2, 0) is 18.9 Å². The number of carbonyl (C=O) groups excluding carboxylic acids is 1. The van der Waals surface area contributed by atoms with Crippen LogP contribution in [0.1, 0.15) is 27.7 Å². The highest BCUT2D eigenvalue weighted by atomic mass is 16.4. The van der Waals surface area contributed by atoms with E-state index in [0.717, 1.165) is 0 Å². The van der Waals surface area contributed by atoms with Crippen molar-refractivity contribution in [2.75, 3.05) is 5.32 Å². The van der Waals surface area contributed by atoms with Crippen molar-refractivity contribution in [3.63, 3.8) is 0 Å². The molecule has 0 aliphatic carbocycles. The average molecular weight is 292 g/mol. The maximum atomic E-state index is 11.5. The highest BCUT2D eigenvalue weighted by molar-refractivity contribution is 5.99. The minimum atomic E-state index is -1.10. The van der Waals surface area contributed by atoms with Crippen LogP contribution in [0, 0.1) is 6.92 Å². The molecule has 0 aromatic carbocycles. The van der Waals surface area contributed by atoms with E-state index in [2.05, 4.69) is 15.5 Å². The molecule has 2 aromatic rings. The first-order chi connectivity index (χ1) is 9.81. The molecule has 9 nitrogen and oxygen atoms in total. The van der Waals surface area contributed by atoms with Gasteiger partial charge in [0.05, 0.1) is 11.9 Å². The first-order valence-electron chi connectivity index (χ1n) is 6.12. The van der Waals surface area contributed by atoms with Crippen molar-refractivity contribution in [3.05, 3.63) is 29.2 Å². The molecule has 0 spiro atoms. The molecule has 112 valence electrons. The molecular weight excluding hydrogens is 276 g/mol. The van der Waals surface area contributed by atoms with Gasteiger partial charge in [0, 0.05) is 25.9 Å². The zero-order valence-corrected chi connectivity index (χ0v) is 11.9. The van der Waals surface area contributed by atoms with E-state index in [1.807, 2.05) is 0 Å². The van der Waals surface area contributed by atoms with E-state index in [1.165, 1.54) is 15.6 Å². The maximum Gasteiger partial charge on any atom is 0.330 e. The maximum absolute atomic E-state index is 11.5. The Morgan fingerprint density at radius 3 is 2.57 bits per heavy atom. The number of nitrogens with zero attached hydrogens (tertiary/aromatic N) is 4. The molecule has 1 unspecified atom stereocenters. The van der Waals surface area contributed by atoms with Crippen LogP contribution in [0.4, 0.5) is 5.82 Å². The Hall–Kier alpha value is -2.84. The molecule has 0 radical (unpaired) electrons. The van der Waals surface area contributed by atoms with Crippen LogP contribution in [0.3, 0.4) is 0 Å². The van der Waals surface area contributed by atoms with E-state index in [9.17, 15) is 14.7 Å². The van der Waals surface area contributed by atoms with Crippen molar-refractivity contribution >= 4 is 17.7 Å². The molecule has 1 atom stereocenters. The number of anilines is 1. The molecule has 0 saturated heterocycles. The van der Waals surface area contributed by atoms with Gasteiger partial charge in [-0.25, -0.2) is 4.79 Å². The summed E-state index contributed by atoms with van der Waals surface area (Å²) in [5.41, 5.74) is 6.39. The van der Waals surface area contributed by atoms with Crippen molar-refractivity contribution < 1.29 is 14.7 Å². The minimum absolute atomic E-state index is 0.174. The molecule has 9 heteroatoms. The van der Waals surface area contributed by atoms with Gasteiger partial charge in [0.15, 0.2) is 6.04 Å². The van der Waals surface area contributed by atoms with Gasteiger partial charge in [-0.3, -0.25) is 14.2 Å². The summed E-state index contributed by atoms with van der Waals surface area (Å²) < 4.78 is 2.89. The van der Waals surface area contributed by atoms with Crippen LogP contribution < -0.4 is 11.1 Å². The van der Waals surface area contributed by atoms with Crippen LogP contribution in [0.25, 0.3) is 0 Å². The summed E-state index contributed by atoms with van der Waals surface area (Å²) in [6.45, 7) is 1.63. The standard InChI is InChI=1S/C12H16N6O3/c1-6-8(10(13)19)11(18(3)16-6)15-9(12(20)21)7-4-14-17(2)5-7/h4-5,9,15H,1-3H3,(H2,13,19)(H,20,21). The Balaban J connectivity index is 2.43. The number of hydrogen-bond donors (Lipinski definition) is 3. The second-order valence-electron chi connectivity index (χ2n) is 4.66. The number of carboxylic acids is 1. The van der Waals surface area contributed by atoms with Gasteiger partial charge >= 0.3 is 5.97 Å². The fourth-order valence-electron chi connectivity index (χ4n) is 2.13. The summed E-state index contributed by atoms with van der Waals surface area (Å²) in [6, 6.07) is -1.06. The molecule has 2 aromatic heterocycles. The van der Waals surface area contributed by atoms with Crippen molar-refractivity contribution in [3.8, 4) is 0 Å². The lowest BCUT2D eigenvalue weighted by Gasteiger charge is -2.15. The number of nitrogens with one attached hydrogen (secondary N) is 1. The molecule has 2 heterocycles. The van der Waals surface area contributed by atoms with Crippen molar-refractivity contribution in [1.29, 1.82) is 0 Å². The van der Waals surface area contributed by atoms with Crippen LogP contribution in [-0.4, -0.2) is 36.5 Å². The minimum Gasteiger partial charge on any atom is -0.479 e. The molecule has 1 amide bonds. The topological polar surface area (TPSA) is 128 Å². The number of primary amides is 1. The van der Waals surface area contributed by atoms with Gasteiger partial charge in [-0.2, -0.15) is 10.2 Å². The van der Waals surface area contributed by atoms with Crippen LogP contribution in [0.2, 0.25) is 0 Å². The third kappa shape index (κ3) is 2.71. The lowest BCUT2D eigenvalue weighted by molar-refractivity contribution is -0.138. The molecule has 0 saturated carbocycles. The lowest BCUT2D eigenvalue weighted by Crippen LogP contribution is -2.24. The Labute approximate surface area is 120 Å². The summed E-state index contributed by atoms with van der Waals surface area (Å²) in [6.07, 6.45) is 3.03. The largest absolute Gasteiger partial charge is 0.479 e. The number of rotatable bonds is 5. The first kappa shape index (κ1) is 14.6. The fraction of sp³-hybridized carbons (Fsp3) is 0.333. The summed E-state index contributed by atoms with van der Waals surface area (Å²) in [5.74, 6) is -1.51. The van der Waals surface area contributed by atoms with Gasteiger partial charge in [-0.1, -0.05) is 0 Å². The molecule has 0 aliphatic heterocycles. The number of aryl methyl sites for hydroxylation is 3. The molecule has 21 heavy (non-hydrogen) atoms. The smallest absolute Gasteiger partial charge is 0.330 e. The number of amides is 1. The van der Waals surface area contributed by atoms with Gasteiger partial charge in [0.2, 0.25) is 0 Å². The fourth-order valence-corrected chi connectivity index (χ4v) is 2.13. The van der Waals surface area contributed by atoms with Crippen molar-refractivity contribution in [1.82, 2.24) is 19.6 Å². The number of aliphatic carboxylic acids is 1. The van der Waals surface area contributed by atoms with E-state index < -0.39 is 17.9 Å². The lowest BCUT2D eigenvalue weighted by atomic mass is 10.1. The Morgan fingerprint density at radius 1 is 1.43 bits per heavy atom. The SMILES string of the molecule is Cc1nn(C)c(NC(C(=O)O)c2cnn(C)c2)c1C(N)=O. The van der Waals surface area contributed by atoms with E-state index in [-0.39, 0.29) is 11.4 Å². The summed E-state index contributed by atoms with van der Waals surface area (Å²) in [7, 11) is 3.29. The second kappa shape index (κ2) is 5.27. The predicted octanol–water partition coefficient (Wildman–Crippen LogP) is -0.201. The van der Waals surface area contributed by atoms with Gasteiger partial charge in [-0.15, -0.1) is 0 Å². The average Bonchev–Trinajstić information content (AvgIpc) is 2.89. The van der Waals surface area contributed by atoms with Crippen LogP contribution >= 0.6 is 0 Å². The highest BCUT2D eigenvalue weighted by Crippen LogP contribution is 2.24. The number of carboxylic acid groups (broad SMARTS) is 1. The molecule has 0 aliphatic rings. The van der Waals surface area contributed by atoms with E-state index in [1.54, 1.807) is 27.2 Å². The van der Waals surface area contributed by atoms with Crippen LogP contribution in [0.5, 0.6) is 0 Å². The predicted molar refractivity (Wildman–Crippen MR) is 73.7 cm³/mol. The van der Waals surface area contributed by atoms with Crippen molar-refractivity contribution in [2.45, 2.75) is 13.0 Å². The normalized spacial score (nSPS) is 12.1. The van der Waals surface area contributed by atoms with Crippen molar-refractivity contribution in [2.24, 2.45) is 19.8 Å². The number of aromatic nitrogens is 4. The van der Waals surface area contributed by atoms with Gasteiger partial charge in [-0.05, 0) is 6.92 Å². The number of nitrogens with two attached hydrogens (primary N) is 1. The third-order valence-corrected chi connectivity index (χ3v) is 3.05. The number of hydrogen-bond acceptors (Lipinski definition) is 5. The Kier molecular flexibility index (Phi) is 3.66. The van der Waals surface area contributed by atoms with Gasteiger partial charge < -0.3 is 16.2 Å². The van der Waals surface area contributed by atoms with E-state index >= 15 is 0 Å². The molecule has 0 fully saturated rings. The molecule has 0 bridgehead atoms. The highest BCUT2D eigenvalue weighted by Gasteiger charge is 2.26. The monoisotopic (exact) mass is 292 g/mol. The third-order valence-electron chi connectivity index (χ3n) is 3.05. The summed E-state index contributed by atoms with van der Waals surface area (Å²) in [4.78, 5) is 23.0. The Morgan fingerprint density at radius 2 is 2.10 bits per heavy atom. The zero-order chi connectivity index (χ0) is 15.7. The van der Waals surface area contributed by atoms with E-state index in [4.69, 9.17) is 5.73 Å². The second-order valence-corrected chi connectivity index (χ2v) is 4.66. The van der Waals surface area contributed by atoms with E-state index in [0.29, 0.717) is 11.3 Å². The zero-order valence-electron chi connectivity index (χ0n) is 11.9. The van der Waals surface area contributed by atoms with Gasteiger partial charge in [0.1, 0.15) is 11.4 Å². The molecular formula is C12H16N6O3. The Bertz CT molecular complexity index is 702. The molecule has 2 rings (SSSR count). The van der Waals surface area contributed by atoms with Gasteiger partial charge in [0.25, 0.3) is 5.91 Å². The first-order valence-corrected chi connectivity index (χ1v) is 6.12. The summed E-state index contributed by atoms with van der Waals surface area (Å²) in [5, 5.41) is 20.2. The molecule has 4 N–H and O–H groups in total.